The summed E-state index contributed by atoms with van der Waals surface area (Å²) < 4.78 is 5.55. The SMILES string of the molecule is CCOC(C)c1nc(CN(C)C(=O)C(C)(N)c2ccccc2)cs1.Cl.Cl. The van der Waals surface area contributed by atoms with Gasteiger partial charge >= 0.3 is 0 Å². The second-order valence-electron chi connectivity index (χ2n) is 6.00. The van der Waals surface area contributed by atoms with Crippen LogP contribution in [-0.4, -0.2) is 29.4 Å². The Kier molecular flexibility index (Phi) is 10.4. The lowest BCUT2D eigenvalue weighted by atomic mass is 9.92. The van der Waals surface area contributed by atoms with Crippen LogP contribution in [0.1, 0.15) is 43.1 Å². The quantitative estimate of drug-likeness (QED) is 0.737. The van der Waals surface area contributed by atoms with Gasteiger partial charge in [0.05, 0.1) is 12.2 Å². The van der Waals surface area contributed by atoms with E-state index in [4.69, 9.17) is 10.5 Å². The maximum atomic E-state index is 12.8. The Balaban J connectivity index is 0.00000312. The van der Waals surface area contributed by atoms with Gasteiger partial charge in [-0.1, -0.05) is 30.3 Å². The lowest BCUT2D eigenvalue weighted by molar-refractivity contribution is -0.136. The summed E-state index contributed by atoms with van der Waals surface area (Å²) in [6, 6.07) is 9.42. The molecule has 146 valence electrons. The molecule has 0 bridgehead atoms. The van der Waals surface area contributed by atoms with Crippen LogP contribution >= 0.6 is 36.2 Å². The summed E-state index contributed by atoms with van der Waals surface area (Å²) in [7, 11) is 1.75. The van der Waals surface area contributed by atoms with Crippen molar-refractivity contribution in [1.29, 1.82) is 0 Å². The van der Waals surface area contributed by atoms with E-state index in [-0.39, 0.29) is 36.8 Å². The van der Waals surface area contributed by atoms with E-state index in [9.17, 15) is 4.79 Å². The van der Waals surface area contributed by atoms with Crippen molar-refractivity contribution in [3.8, 4) is 0 Å². The number of nitrogens with two attached hydrogens (primary N) is 1. The molecule has 0 aliphatic rings. The molecule has 0 aliphatic heterocycles. The van der Waals surface area contributed by atoms with E-state index in [2.05, 4.69) is 4.98 Å². The standard InChI is InChI=1S/C18H25N3O2S.2ClH/c1-5-23-13(2)16-20-15(12-24-16)11-21(4)17(22)18(3,19)14-9-7-6-8-10-14;;/h6-10,12-13H,5,11,19H2,1-4H3;2*1H. The zero-order valence-corrected chi connectivity index (χ0v) is 17.9. The number of halogens is 2. The fourth-order valence-electron chi connectivity index (χ4n) is 2.52. The van der Waals surface area contributed by atoms with Gasteiger partial charge < -0.3 is 15.4 Å². The number of aromatic nitrogens is 1. The summed E-state index contributed by atoms with van der Waals surface area (Å²) in [4.78, 5) is 19.0. The van der Waals surface area contributed by atoms with Gasteiger partial charge in [-0.05, 0) is 26.3 Å². The van der Waals surface area contributed by atoms with Crippen LogP contribution in [0.15, 0.2) is 35.7 Å². The molecule has 1 aromatic carbocycles. The van der Waals surface area contributed by atoms with Crippen molar-refractivity contribution in [2.45, 2.75) is 39.0 Å². The first kappa shape index (κ1) is 24.8. The Hall–Kier alpha value is -1.18. The van der Waals surface area contributed by atoms with Crippen molar-refractivity contribution in [2.75, 3.05) is 13.7 Å². The highest BCUT2D eigenvalue weighted by molar-refractivity contribution is 7.09. The highest BCUT2D eigenvalue weighted by Crippen LogP contribution is 2.23. The molecule has 0 spiro atoms. The molecule has 1 amide bonds. The molecule has 8 heteroatoms. The van der Waals surface area contributed by atoms with Crippen molar-refractivity contribution in [2.24, 2.45) is 5.73 Å². The van der Waals surface area contributed by atoms with Gasteiger partial charge in [0.15, 0.2) is 0 Å². The Morgan fingerprint density at radius 3 is 2.54 bits per heavy atom. The van der Waals surface area contributed by atoms with Gasteiger partial charge in [-0.3, -0.25) is 4.79 Å². The molecule has 1 aromatic heterocycles. The van der Waals surface area contributed by atoms with Crippen LogP contribution in [0.3, 0.4) is 0 Å². The lowest BCUT2D eigenvalue weighted by Crippen LogP contribution is -2.49. The van der Waals surface area contributed by atoms with Crippen LogP contribution in [0, 0.1) is 0 Å². The van der Waals surface area contributed by atoms with Gasteiger partial charge in [0.1, 0.15) is 16.7 Å². The minimum absolute atomic E-state index is 0. The Bertz CT molecular complexity index is 680. The molecule has 2 N–H and O–H groups in total. The van der Waals surface area contributed by atoms with E-state index in [1.54, 1.807) is 30.2 Å². The van der Waals surface area contributed by atoms with E-state index in [1.807, 2.05) is 49.6 Å². The molecule has 0 aliphatic carbocycles. The number of carbonyl (C=O) groups is 1. The van der Waals surface area contributed by atoms with Gasteiger partial charge in [0.25, 0.3) is 0 Å². The van der Waals surface area contributed by atoms with Gasteiger partial charge in [-0.2, -0.15) is 0 Å². The number of hydrogen-bond donors (Lipinski definition) is 1. The van der Waals surface area contributed by atoms with E-state index in [0.717, 1.165) is 16.3 Å². The van der Waals surface area contributed by atoms with Crippen molar-refractivity contribution in [1.82, 2.24) is 9.88 Å². The maximum Gasteiger partial charge on any atom is 0.247 e. The number of thiazole rings is 1. The van der Waals surface area contributed by atoms with Crippen molar-refractivity contribution in [3.05, 3.63) is 52.0 Å². The van der Waals surface area contributed by atoms with E-state index in [1.165, 1.54) is 0 Å². The minimum atomic E-state index is -1.06. The highest BCUT2D eigenvalue weighted by atomic mass is 35.5. The molecule has 0 saturated carbocycles. The van der Waals surface area contributed by atoms with Crippen LogP contribution < -0.4 is 5.73 Å². The first-order valence-corrected chi connectivity index (χ1v) is 8.90. The molecular weight excluding hydrogens is 393 g/mol. The van der Waals surface area contributed by atoms with Crippen molar-refractivity contribution < 1.29 is 9.53 Å². The van der Waals surface area contributed by atoms with E-state index >= 15 is 0 Å². The Labute approximate surface area is 171 Å². The first-order valence-electron chi connectivity index (χ1n) is 8.02. The van der Waals surface area contributed by atoms with Crippen LogP contribution in [0.4, 0.5) is 0 Å². The molecule has 2 rings (SSSR count). The molecule has 2 unspecified atom stereocenters. The number of ether oxygens (including phenoxy) is 1. The van der Waals surface area contributed by atoms with E-state index in [0.29, 0.717) is 13.2 Å². The number of likely N-dealkylation sites (N-methyl/N-ethyl adjacent to an activating group) is 1. The fraction of sp³-hybridized carbons (Fsp3) is 0.444. The van der Waals surface area contributed by atoms with Crippen LogP contribution in [0.25, 0.3) is 0 Å². The molecule has 2 aromatic rings. The van der Waals surface area contributed by atoms with Gasteiger partial charge in [-0.25, -0.2) is 4.98 Å². The number of amides is 1. The van der Waals surface area contributed by atoms with Crippen molar-refractivity contribution >= 4 is 42.1 Å². The number of benzene rings is 1. The predicted molar refractivity (Wildman–Crippen MR) is 111 cm³/mol. The number of nitrogens with zero attached hydrogens (tertiary/aromatic N) is 2. The van der Waals surface area contributed by atoms with Gasteiger partial charge in [0, 0.05) is 19.0 Å². The summed E-state index contributed by atoms with van der Waals surface area (Å²) in [5.41, 5.74) is 6.88. The molecule has 0 radical (unpaired) electrons. The summed E-state index contributed by atoms with van der Waals surface area (Å²) in [5.74, 6) is -0.138. The monoisotopic (exact) mass is 419 g/mol. The third-order valence-corrected chi connectivity index (χ3v) is 4.95. The summed E-state index contributed by atoms with van der Waals surface area (Å²) >= 11 is 1.55. The molecule has 2 atom stereocenters. The minimum Gasteiger partial charge on any atom is -0.372 e. The first-order chi connectivity index (χ1) is 11.4. The highest BCUT2D eigenvalue weighted by Gasteiger charge is 2.33. The zero-order valence-electron chi connectivity index (χ0n) is 15.5. The average Bonchev–Trinajstić information content (AvgIpc) is 3.03. The number of carbonyl (C=O) groups excluding carboxylic acids is 1. The lowest BCUT2D eigenvalue weighted by Gasteiger charge is -2.29. The second-order valence-corrected chi connectivity index (χ2v) is 6.89. The van der Waals surface area contributed by atoms with Crippen LogP contribution in [0.2, 0.25) is 0 Å². The second kappa shape index (κ2) is 10.8. The number of rotatable bonds is 7. The van der Waals surface area contributed by atoms with Crippen LogP contribution in [-0.2, 0) is 21.6 Å². The fourth-order valence-corrected chi connectivity index (χ4v) is 3.34. The van der Waals surface area contributed by atoms with Crippen LogP contribution in [0.5, 0.6) is 0 Å². The normalized spacial score (nSPS) is 13.7. The third kappa shape index (κ3) is 5.93. The van der Waals surface area contributed by atoms with Gasteiger partial charge in [-0.15, -0.1) is 36.2 Å². The molecule has 26 heavy (non-hydrogen) atoms. The predicted octanol–water partition coefficient (Wildman–Crippen LogP) is 3.92. The Morgan fingerprint density at radius 1 is 1.35 bits per heavy atom. The molecule has 0 saturated heterocycles. The zero-order chi connectivity index (χ0) is 17.7. The summed E-state index contributed by atoms with van der Waals surface area (Å²) in [6.45, 7) is 6.76. The third-order valence-electron chi connectivity index (χ3n) is 3.90. The molecular formula is C18H27Cl2N3O2S. The van der Waals surface area contributed by atoms with Gasteiger partial charge in [0.2, 0.25) is 5.91 Å². The van der Waals surface area contributed by atoms with E-state index < -0.39 is 5.54 Å². The smallest absolute Gasteiger partial charge is 0.247 e. The summed E-state index contributed by atoms with van der Waals surface area (Å²) in [6.07, 6.45) is -0.0288. The topological polar surface area (TPSA) is 68.5 Å². The molecule has 0 fully saturated rings. The summed E-state index contributed by atoms with van der Waals surface area (Å²) in [5, 5.41) is 2.89. The Morgan fingerprint density at radius 2 is 1.96 bits per heavy atom. The molecule has 1 heterocycles. The molecule has 5 nitrogen and oxygen atoms in total. The van der Waals surface area contributed by atoms with Crippen molar-refractivity contribution in [3.63, 3.8) is 0 Å². The average molecular weight is 420 g/mol. The number of hydrogen-bond acceptors (Lipinski definition) is 5. The maximum absolute atomic E-state index is 12.8. The largest absolute Gasteiger partial charge is 0.372 e.